The zero-order chi connectivity index (χ0) is 16.7. The number of ketones is 1. The smallest absolute Gasteiger partial charge is 0.224 e. The van der Waals surface area contributed by atoms with Gasteiger partial charge in [0.05, 0.1) is 11.9 Å². The van der Waals surface area contributed by atoms with Crippen LogP contribution in [-0.4, -0.2) is 16.7 Å². The first-order valence-corrected chi connectivity index (χ1v) is 7.72. The molecular weight excluding hydrogens is 290 g/mol. The van der Waals surface area contributed by atoms with Crippen molar-refractivity contribution in [1.29, 1.82) is 0 Å². The number of anilines is 3. The summed E-state index contributed by atoms with van der Waals surface area (Å²) in [5.74, 6) is 0.721. The Labute approximate surface area is 136 Å². The van der Waals surface area contributed by atoms with Crippen molar-refractivity contribution < 1.29 is 9.59 Å². The molecule has 5 heteroatoms. The van der Waals surface area contributed by atoms with Gasteiger partial charge in [-0.05, 0) is 49.7 Å². The van der Waals surface area contributed by atoms with Gasteiger partial charge in [-0.2, -0.15) is 0 Å². The van der Waals surface area contributed by atoms with Gasteiger partial charge < -0.3 is 10.6 Å². The number of nitrogens with one attached hydrogen (secondary N) is 2. The fourth-order valence-corrected chi connectivity index (χ4v) is 2.04. The summed E-state index contributed by atoms with van der Waals surface area (Å²) in [4.78, 5) is 27.2. The van der Waals surface area contributed by atoms with Crippen molar-refractivity contribution in [2.75, 3.05) is 10.6 Å². The van der Waals surface area contributed by atoms with Gasteiger partial charge in [-0.3, -0.25) is 9.59 Å². The average Bonchev–Trinajstić information content (AvgIpc) is 2.55. The predicted molar refractivity (Wildman–Crippen MR) is 92.1 cm³/mol. The van der Waals surface area contributed by atoms with Gasteiger partial charge in [-0.25, -0.2) is 4.98 Å². The molecule has 0 atom stereocenters. The summed E-state index contributed by atoms with van der Waals surface area (Å²) in [7, 11) is 0. The van der Waals surface area contributed by atoms with Crippen LogP contribution in [0.4, 0.5) is 17.2 Å². The van der Waals surface area contributed by atoms with E-state index >= 15 is 0 Å². The molecule has 5 nitrogen and oxygen atoms in total. The van der Waals surface area contributed by atoms with Crippen LogP contribution in [0, 0.1) is 0 Å². The summed E-state index contributed by atoms with van der Waals surface area (Å²) in [5, 5.41) is 5.97. The average molecular weight is 311 g/mol. The molecule has 1 heterocycles. The molecule has 1 aromatic carbocycles. The first-order chi connectivity index (χ1) is 11.1. The molecule has 0 bridgehead atoms. The van der Waals surface area contributed by atoms with E-state index in [4.69, 9.17) is 0 Å². The summed E-state index contributed by atoms with van der Waals surface area (Å²) in [6.07, 6.45) is 4.03. The summed E-state index contributed by atoms with van der Waals surface area (Å²) >= 11 is 0. The Morgan fingerprint density at radius 3 is 2.30 bits per heavy atom. The van der Waals surface area contributed by atoms with Crippen LogP contribution in [0.5, 0.6) is 0 Å². The molecule has 2 aromatic rings. The molecular formula is C18H21N3O2. The number of amides is 1. The molecule has 0 saturated heterocycles. The number of carbonyl (C=O) groups is 2. The lowest BCUT2D eigenvalue weighted by molar-refractivity contribution is -0.116. The molecule has 120 valence electrons. The Hall–Kier alpha value is -2.69. The molecule has 1 aromatic heterocycles. The lowest BCUT2D eigenvalue weighted by atomic mass is 10.1. The van der Waals surface area contributed by atoms with Crippen molar-refractivity contribution in [2.45, 2.75) is 33.1 Å². The molecule has 0 fully saturated rings. The summed E-state index contributed by atoms with van der Waals surface area (Å²) in [5.41, 5.74) is 2.21. The maximum atomic E-state index is 11.7. The Balaban J connectivity index is 1.94. The number of pyridine rings is 1. The van der Waals surface area contributed by atoms with Crippen LogP contribution in [0.25, 0.3) is 0 Å². The van der Waals surface area contributed by atoms with Gasteiger partial charge in [0.25, 0.3) is 0 Å². The predicted octanol–water partition coefficient (Wildman–Crippen LogP) is 4.16. The third-order valence-corrected chi connectivity index (χ3v) is 3.37. The molecule has 2 rings (SSSR count). The topological polar surface area (TPSA) is 71.1 Å². The highest BCUT2D eigenvalue weighted by Crippen LogP contribution is 2.17. The SMILES string of the molecule is CCCCC(=O)Nc1ccc(Nc2ccc(C(C)=O)cc2)nc1. The number of nitrogens with zero attached hydrogens (tertiary/aromatic N) is 1. The number of Topliss-reactive ketones (excluding diaryl/α,β-unsaturated/α-hetero) is 1. The van der Waals surface area contributed by atoms with Gasteiger partial charge >= 0.3 is 0 Å². The molecule has 0 aliphatic heterocycles. The maximum absolute atomic E-state index is 11.7. The second-order valence-corrected chi connectivity index (χ2v) is 5.34. The van der Waals surface area contributed by atoms with Crippen molar-refractivity contribution in [3.63, 3.8) is 0 Å². The minimum atomic E-state index is 0.00850. The second kappa shape index (κ2) is 8.08. The van der Waals surface area contributed by atoms with Crippen LogP contribution in [0.2, 0.25) is 0 Å². The van der Waals surface area contributed by atoms with Crippen LogP contribution < -0.4 is 10.6 Å². The molecule has 0 aliphatic carbocycles. The van der Waals surface area contributed by atoms with Gasteiger partial charge in [0, 0.05) is 17.7 Å². The molecule has 0 aliphatic rings. The summed E-state index contributed by atoms with van der Waals surface area (Å²) in [6, 6.07) is 10.8. The van der Waals surface area contributed by atoms with Crippen molar-refractivity contribution in [2.24, 2.45) is 0 Å². The van der Waals surface area contributed by atoms with E-state index in [9.17, 15) is 9.59 Å². The monoisotopic (exact) mass is 311 g/mol. The third kappa shape index (κ3) is 5.21. The van der Waals surface area contributed by atoms with Crippen LogP contribution in [-0.2, 0) is 4.79 Å². The van der Waals surface area contributed by atoms with Crippen LogP contribution in [0.3, 0.4) is 0 Å². The molecule has 1 amide bonds. The number of carbonyl (C=O) groups excluding carboxylic acids is 2. The lowest BCUT2D eigenvalue weighted by Crippen LogP contribution is -2.11. The number of aromatic nitrogens is 1. The highest BCUT2D eigenvalue weighted by atomic mass is 16.1. The zero-order valence-corrected chi connectivity index (χ0v) is 13.4. The normalized spacial score (nSPS) is 10.2. The minimum absolute atomic E-state index is 0.00850. The molecule has 0 spiro atoms. The van der Waals surface area contributed by atoms with Gasteiger partial charge in [-0.1, -0.05) is 13.3 Å². The molecule has 23 heavy (non-hydrogen) atoms. The van der Waals surface area contributed by atoms with Crippen molar-refractivity contribution in [3.05, 3.63) is 48.2 Å². The van der Waals surface area contributed by atoms with E-state index in [-0.39, 0.29) is 11.7 Å². The summed E-state index contributed by atoms with van der Waals surface area (Å²) in [6.45, 7) is 3.59. The van der Waals surface area contributed by atoms with Gasteiger partial charge in [0.1, 0.15) is 5.82 Å². The van der Waals surface area contributed by atoms with E-state index in [1.165, 1.54) is 6.92 Å². The number of hydrogen-bond donors (Lipinski definition) is 2. The largest absolute Gasteiger partial charge is 0.340 e. The summed E-state index contributed by atoms with van der Waals surface area (Å²) < 4.78 is 0. The fourth-order valence-electron chi connectivity index (χ4n) is 2.04. The van der Waals surface area contributed by atoms with E-state index in [0.29, 0.717) is 23.5 Å². The van der Waals surface area contributed by atoms with E-state index in [0.717, 1.165) is 18.5 Å². The highest BCUT2D eigenvalue weighted by Gasteiger charge is 2.03. The van der Waals surface area contributed by atoms with Crippen LogP contribution in [0.15, 0.2) is 42.6 Å². The second-order valence-electron chi connectivity index (χ2n) is 5.34. The van der Waals surface area contributed by atoms with Crippen molar-refractivity contribution >= 4 is 28.9 Å². The molecule has 0 radical (unpaired) electrons. The van der Waals surface area contributed by atoms with Crippen molar-refractivity contribution in [1.82, 2.24) is 4.98 Å². The molecule has 0 saturated carbocycles. The Morgan fingerprint density at radius 2 is 1.74 bits per heavy atom. The fraction of sp³-hybridized carbons (Fsp3) is 0.278. The van der Waals surface area contributed by atoms with E-state index in [2.05, 4.69) is 22.5 Å². The maximum Gasteiger partial charge on any atom is 0.224 e. The minimum Gasteiger partial charge on any atom is -0.340 e. The first-order valence-electron chi connectivity index (χ1n) is 7.72. The Morgan fingerprint density at radius 1 is 1.04 bits per heavy atom. The third-order valence-electron chi connectivity index (χ3n) is 3.37. The number of hydrogen-bond acceptors (Lipinski definition) is 4. The first kappa shape index (κ1) is 16.7. The Kier molecular flexibility index (Phi) is 5.86. The van der Waals surface area contributed by atoms with E-state index in [1.54, 1.807) is 24.4 Å². The zero-order valence-electron chi connectivity index (χ0n) is 13.4. The van der Waals surface area contributed by atoms with E-state index in [1.807, 2.05) is 18.2 Å². The molecule has 0 unspecified atom stereocenters. The van der Waals surface area contributed by atoms with Gasteiger partial charge in [-0.15, -0.1) is 0 Å². The lowest BCUT2D eigenvalue weighted by Gasteiger charge is -2.08. The van der Waals surface area contributed by atoms with Crippen molar-refractivity contribution in [3.8, 4) is 0 Å². The van der Waals surface area contributed by atoms with Crippen LogP contribution in [0.1, 0.15) is 43.5 Å². The highest BCUT2D eigenvalue weighted by molar-refractivity contribution is 5.94. The number of rotatable bonds is 7. The van der Waals surface area contributed by atoms with Crippen LogP contribution >= 0.6 is 0 Å². The quantitative estimate of drug-likeness (QED) is 0.753. The van der Waals surface area contributed by atoms with Gasteiger partial charge in [0.2, 0.25) is 5.91 Å². The van der Waals surface area contributed by atoms with E-state index < -0.39 is 0 Å². The van der Waals surface area contributed by atoms with Gasteiger partial charge in [0.15, 0.2) is 5.78 Å². The Bertz CT molecular complexity index is 664. The number of unbranched alkanes of at least 4 members (excludes halogenated alkanes) is 1. The molecule has 2 N–H and O–H groups in total. The number of benzene rings is 1. The standard InChI is InChI=1S/C18H21N3O2/c1-3-4-5-18(23)21-16-10-11-17(19-12-16)20-15-8-6-14(7-9-15)13(2)22/h6-12H,3-5H2,1-2H3,(H,19,20)(H,21,23).